The van der Waals surface area contributed by atoms with Crippen molar-refractivity contribution in [3.63, 3.8) is 0 Å². The molecule has 0 aliphatic rings. The summed E-state index contributed by atoms with van der Waals surface area (Å²) in [4.78, 5) is 23.6. The van der Waals surface area contributed by atoms with Crippen LogP contribution in [-0.2, 0) is 19.6 Å². The van der Waals surface area contributed by atoms with E-state index in [-0.39, 0.29) is 30.3 Å². The zero-order valence-electron chi connectivity index (χ0n) is 20.4. The maximum Gasteiger partial charge on any atom is 0.321 e. The highest BCUT2D eigenvalue weighted by Crippen LogP contribution is 2.23. The lowest BCUT2D eigenvalue weighted by Gasteiger charge is -2.15. The molecule has 0 radical (unpaired) electrons. The number of carbonyl (C=O) groups is 2. The third-order valence-corrected chi connectivity index (χ3v) is 7.86. The van der Waals surface area contributed by atoms with Crippen molar-refractivity contribution in [3.8, 4) is 16.9 Å². The molecule has 0 saturated heterocycles. The van der Waals surface area contributed by atoms with E-state index in [0.29, 0.717) is 30.2 Å². The maximum atomic E-state index is 12.8. The third kappa shape index (κ3) is 9.43. The fourth-order valence-electron chi connectivity index (χ4n) is 3.54. The van der Waals surface area contributed by atoms with Gasteiger partial charge >= 0.3 is 5.97 Å². The van der Waals surface area contributed by atoms with Crippen molar-refractivity contribution in [1.82, 2.24) is 10.0 Å². The van der Waals surface area contributed by atoms with E-state index in [1.807, 2.05) is 24.3 Å². The lowest BCUT2D eigenvalue weighted by atomic mass is 10.1. The Bertz CT molecular complexity index is 1320. The van der Waals surface area contributed by atoms with Crippen LogP contribution in [0.15, 0.2) is 82.2 Å². The highest BCUT2D eigenvalue weighted by atomic mass is 79.9. The minimum absolute atomic E-state index is 0.0160. The average Bonchev–Trinajstić information content (AvgIpc) is 2.89. The first kappa shape index (κ1) is 29.6. The number of carboxylic acid groups (broad SMARTS) is 1. The van der Waals surface area contributed by atoms with Gasteiger partial charge in [0, 0.05) is 16.0 Å². The number of sulfonamides is 1. The van der Waals surface area contributed by atoms with E-state index in [9.17, 15) is 23.1 Å². The van der Waals surface area contributed by atoms with Crippen molar-refractivity contribution in [1.29, 1.82) is 0 Å². The molecule has 3 aromatic rings. The van der Waals surface area contributed by atoms with Gasteiger partial charge in [0.2, 0.25) is 15.9 Å². The van der Waals surface area contributed by atoms with Gasteiger partial charge in [0.05, 0.1) is 17.9 Å². The monoisotopic (exact) mass is 622 g/mol. The van der Waals surface area contributed by atoms with Crippen LogP contribution in [-0.4, -0.2) is 44.6 Å². The fourth-order valence-corrected chi connectivity index (χ4v) is 5.15. The van der Waals surface area contributed by atoms with Crippen LogP contribution in [0.4, 0.5) is 0 Å². The van der Waals surface area contributed by atoms with Crippen molar-refractivity contribution in [2.45, 2.75) is 36.6 Å². The summed E-state index contributed by atoms with van der Waals surface area (Å²) in [6.07, 6.45) is 1.16. The molecule has 0 spiro atoms. The van der Waals surface area contributed by atoms with Gasteiger partial charge in [-0.2, -0.15) is 4.72 Å². The number of carboxylic acids is 1. The smallest absolute Gasteiger partial charge is 0.321 e. The molecule has 0 aliphatic carbocycles. The van der Waals surface area contributed by atoms with E-state index < -0.39 is 22.0 Å². The number of hydrogen-bond acceptors (Lipinski definition) is 5. The molecule has 1 amide bonds. The summed E-state index contributed by atoms with van der Waals surface area (Å²) in [5, 5.41) is 12.9. The highest BCUT2D eigenvalue weighted by Gasteiger charge is 2.25. The van der Waals surface area contributed by atoms with Crippen molar-refractivity contribution in [2.75, 3.05) is 13.2 Å². The summed E-state index contributed by atoms with van der Waals surface area (Å²) < 4.78 is 34.3. The first-order valence-electron chi connectivity index (χ1n) is 11.9. The zero-order valence-corrected chi connectivity index (χ0v) is 23.6. The molecule has 1 atom stereocenters. The number of unbranched alkanes of at least 4 members (excludes halogenated alkanes) is 1. The van der Waals surface area contributed by atoms with Crippen LogP contribution >= 0.6 is 27.5 Å². The van der Waals surface area contributed by atoms with Crippen molar-refractivity contribution in [2.24, 2.45) is 0 Å². The number of rotatable bonds is 14. The normalized spacial score (nSPS) is 12.1. The van der Waals surface area contributed by atoms with Gasteiger partial charge in [-0.1, -0.05) is 51.8 Å². The number of ether oxygens (including phenoxy) is 1. The number of carbonyl (C=O) groups excluding carboxylic acids is 1. The molecule has 1 unspecified atom stereocenters. The van der Waals surface area contributed by atoms with Gasteiger partial charge in [0.15, 0.2) is 0 Å². The van der Waals surface area contributed by atoms with Crippen LogP contribution in [0.2, 0.25) is 5.02 Å². The number of amides is 1. The topological polar surface area (TPSA) is 122 Å². The van der Waals surface area contributed by atoms with E-state index in [1.54, 1.807) is 36.4 Å². The third-order valence-electron chi connectivity index (χ3n) is 5.59. The van der Waals surface area contributed by atoms with Gasteiger partial charge in [-0.15, -0.1) is 0 Å². The number of hydrogen-bond donors (Lipinski definition) is 3. The molecule has 3 N–H and O–H groups in total. The first-order chi connectivity index (χ1) is 18.1. The summed E-state index contributed by atoms with van der Waals surface area (Å²) >= 11 is 9.20. The van der Waals surface area contributed by atoms with Gasteiger partial charge in [0.25, 0.3) is 0 Å². The quantitative estimate of drug-likeness (QED) is 0.211. The summed E-state index contributed by atoms with van der Waals surface area (Å²) in [5.41, 5.74) is 1.76. The number of halogens is 2. The minimum atomic E-state index is -4.03. The van der Waals surface area contributed by atoms with Crippen molar-refractivity contribution >= 4 is 49.4 Å². The van der Waals surface area contributed by atoms with Crippen LogP contribution in [0.1, 0.15) is 25.7 Å². The van der Waals surface area contributed by atoms with Crippen LogP contribution in [0.5, 0.6) is 5.75 Å². The van der Waals surface area contributed by atoms with Crippen LogP contribution in [0.3, 0.4) is 0 Å². The van der Waals surface area contributed by atoms with Gasteiger partial charge in [-0.05, 0) is 78.9 Å². The molecule has 202 valence electrons. The molecule has 38 heavy (non-hydrogen) atoms. The summed E-state index contributed by atoms with van der Waals surface area (Å²) in [6.45, 7) is 0.552. The molecule has 0 bridgehead atoms. The largest absolute Gasteiger partial charge is 0.493 e. The van der Waals surface area contributed by atoms with Gasteiger partial charge < -0.3 is 15.2 Å². The number of benzene rings is 3. The summed E-state index contributed by atoms with van der Waals surface area (Å²) in [6, 6.07) is 19.4. The Morgan fingerprint density at radius 2 is 1.53 bits per heavy atom. The van der Waals surface area contributed by atoms with E-state index in [4.69, 9.17) is 16.3 Å². The molecule has 8 nitrogen and oxygen atoms in total. The number of nitrogens with one attached hydrogen (secondary N) is 2. The van der Waals surface area contributed by atoms with Crippen LogP contribution < -0.4 is 14.8 Å². The van der Waals surface area contributed by atoms with Crippen molar-refractivity contribution in [3.05, 3.63) is 82.3 Å². The minimum Gasteiger partial charge on any atom is -0.493 e. The Kier molecular flexibility index (Phi) is 11.1. The molecule has 0 aliphatic heterocycles. The van der Waals surface area contributed by atoms with E-state index in [0.717, 1.165) is 15.6 Å². The van der Waals surface area contributed by atoms with E-state index >= 15 is 0 Å². The maximum absolute atomic E-state index is 12.8. The van der Waals surface area contributed by atoms with Crippen LogP contribution in [0.25, 0.3) is 11.1 Å². The highest BCUT2D eigenvalue weighted by molar-refractivity contribution is 9.10. The average molecular weight is 624 g/mol. The predicted molar refractivity (Wildman–Crippen MR) is 150 cm³/mol. The molecular weight excluding hydrogens is 596 g/mol. The summed E-state index contributed by atoms with van der Waals surface area (Å²) in [7, 11) is -4.03. The Morgan fingerprint density at radius 3 is 2.13 bits per heavy atom. The van der Waals surface area contributed by atoms with Gasteiger partial charge in [0.1, 0.15) is 11.8 Å². The van der Waals surface area contributed by atoms with Gasteiger partial charge in [-0.25, -0.2) is 8.42 Å². The molecule has 3 aromatic carbocycles. The Morgan fingerprint density at radius 1 is 0.921 bits per heavy atom. The standard InChI is InChI=1S/C27H28BrClN2O6S/c28-21-8-4-19(5-9-21)20-6-14-24(15-7-20)38(35,36)31-25(27(33)34)3-1-2-17-30-26(32)16-18-37-23-12-10-22(29)11-13-23/h4-15,25,31H,1-3,16-18H2,(H,30,32)(H,33,34). The SMILES string of the molecule is O=C(CCOc1ccc(Cl)cc1)NCCCCC(NS(=O)(=O)c1ccc(-c2ccc(Br)cc2)cc1)C(=O)O. The zero-order chi connectivity index (χ0) is 27.5. The van der Waals surface area contributed by atoms with Crippen molar-refractivity contribution < 1.29 is 27.9 Å². The Labute approximate surface area is 235 Å². The number of aliphatic carboxylic acids is 1. The van der Waals surface area contributed by atoms with Gasteiger partial charge in [-0.3, -0.25) is 9.59 Å². The Hall–Kier alpha value is -2.92. The molecule has 11 heteroatoms. The molecule has 0 fully saturated rings. The van der Waals surface area contributed by atoms with E-state index in [1.165, 1.54) is 12.1 Å². The predicted octanol–water partition coefficient (Wildman–Crippen LogP) is 5.26. The molecule has 0 aromatic heterocycles. The first-order valence-corrected chi connectivity index (χ1v) is 14.6. The second-order valence-electron chi connectivity index (χ2n) is 8.44. The summed E-state index contributed by atoms with van der Waals surface area (Å²) in [5.74, 6) is -0.839. The molecular formula is C27H28BrClN2O6S. The lowest BCUT2D eigenvalue weighted by Crippen LogP contribution is -2.40. The second kappa shape index (κ2) is 14.3. The molecule has 0 heterocycles. The fraction of sp³-hybridized carbons (Fsp3) is 0.259. The second-order valence-corrected chi connectivity index (χ2v) is 11.5. The Balaban J connectivity index is 1.41. The molecule has 0 saturated carbocycles. The molecule has 3 rings (SSSR count). The van der Waals surface area contributed by atoms with Crippen LogP contribution in [0, 0.1) is 0 Å². The lowest BCUT2D eigenvalue weighted by molar-refractivity contribution is -0.139. The van der Waals surface area contributed by atoms with E-state index in [2.05, 4.69) is 26.0 Å².